The summed E-state index contributed by atoms with van der Waals surface area (Å²) in [7, 11) is 7.89. The zero-order chi connectivity index (χ0) is 27.1. The molecular weight excluding hydrogens is 490 g/mol. The Labute approximate surface area is 222 Å². The highest BCUT2D eigenvalue weighted by Crippen LogP contribution is 2.40. The highest BCUT2D eigenvalue weighted by Gasteiger charge is 2.22. The second kappa shape index (κ2) is 12.2. The number of nitrogens with one attached hydrogen (secondary N) is 2. The Morgan fingerprint density at radius 2 is 1.63 bits per heavy atom. The van der Waals surface area contributed by atoms with Gasteiger partial charge in [0, 0.05) is 49.1 Å². The fraction of sp³-hybridized carbons (Fsp3) is 0.370. The third-order valence-corrected chi connectivity index (χ3v) is 6.28. The number of fused-ring (bicyclic) bond motifs is 1. The van der Waals surface area contributed by atoms with Gasteiger partial charge >= 0.3 is 6.03 Å². The van der Waals surface area contributed by atoms with E-state index >= 15 is 0 Å². The minimum Gasteiger partial charge on any atom is -0.493 e. The molecule has 1 aromatic heterocycles. The SMILES string of the molecule is COc1ccc(CCNC(=O)N2CCc3nc(Nc4cc(OC)c(OC)c(OC)c4)ncc3C2)cc1OC. The van der Waals surface area contributed by atoms with Gasteiger partial charge in [-0.05, 0) is 24.1 Å². The average Bonchev–Trinajstić information content (AvgIpc) is 2.96. The number of aromatic nitrogens is 2. The van der Waals surface area contributed by atoms with Crippen molar-refractivity contribution in [2.45, 2.75) is 19.4 Å². The quantitative estimate of drug-likeness (QED) is 0.411. The number of carbonyl (C=O) groups is 1. The number of nitrogens with zero attached hydrogens (tertiary/aromatic N) is 3. The molecule has 2 aromatic carbocycles. The van der Waals surface area contributed by atoms with E-state index in [9.17, 15) is 4.79 Å². The van der Waals surface area contributed by atoms with Crippen molar-refractivity contribution >= 4 is 17.7 Å². The van der Waals surface area contributed by atoms with Gasteiger partial charge in [0.05, 0.1) is 47.8 Å². The van der Waals surface area contributed by atoms with Gasteiger partial charge in [0.25, 0.3) is 0 Å². The van der Waals surface area contributed by atoms with Crippen LogP contribution in [0.3, 0.4) is 0 Å². The Bertz CT molecular complexity index is 1260. The molecule has 4 rings (SSSR count). The van der Waals surface area contributed by atoms with Crippen LogP contribution in [0.25, 0.3) is 0 Å². The van der Waals surface area contributed by atoms with E-state index in [1.165, 1.54) is 0 Å². The zero-order valence-corrected chi connectivity index (χ0v) is 22.3. The molecule has 1 aliphatic heterocycles. The van der Waals surface area contributed by atoms with Crippen LogP contribution in [0.15, 0.2) is 36.5 Å². The number of hydrogen-bond acceptors (Lipinski definition) is 9. The zero-order valence-electron chi connectivity index (χ0n) is 22.3. The molecule has 2 amide bonds. The van der Waals surface area contributed by atoms with Gasteiger partial charge in [-0.1, -0.05) is 6.07 Å². The summed E-state index contributed by atoms with van der Waals surface area (Å²) in [4.78, 5) is 23.7. The first-order valence-corrected chi connectivity index (χ1v) is 12.1. The molecule has 0 saturated heterocycles. The summed E-state index contributed by atoms with van der Waals surface area (Å²) in [6.07, 6.45) is 3.06. The molecule has 1 aliphatic rings. The van der Waals surface area contributed by atoms with Crippen LogP contribution in [-0.4, -0.2) is 69.5 Å². The van der Waals surface area contributed by atoms with Gasteiger partial charge in [0.2, 0.25) is 11.7 Å². The summed E-state index contributed by atoms with van der Waals surface area (Å²) in [6.45, 7) is 1.52. The lowest BCUT2D eigenvalue weighted by molar-refractivity contribution is 0.192. The highest BCUT2D eigenvalue weighted by atomic mass is 16.5. The summed E-state index contributed by atoms with van der Waals surface area (Å²) in [5.74, 6) is 3.36. The maximum absolute atomic E-state index is 12.8. The number of ether oxygens (including phenoxy) is 5. The number of methoxy groups -OCH3 is 5. The molecule has 0 radical (unpaired) electrons. The number of amides is 2. The normalized spacial score (nSPS) is 12.3. The van der Waals surface area contributed by atoms with Crippen LogP contribution in [0.2, 0.25) is 0 Å². The second-order valence-corrected chi connectivity index (χ2v) is 8.55. The van der Waals surface area contributed by atoms with E-state index in [0.29, 0.717) is 72.9 Å². The van der Waals surface area contributed by atoms with Crippen LogP contribution in [0.1, 0.15) is 16.8 Å². The average molecular weight is 524 g/mol. The minimum absolute atomic E-state index is 0.115. The van der Waals surface area contributed by atoms with Gasteiger partial charge in [0.1, 0.15) is 0 Å². The van der Waals surface area contributed by atoms with Gasteiger partial charge in [-0.25, -0.2) is 14.8 Å². The Kier molecular flexibility index (Phi) is 8.57. The Hall–Kier alpha value is -4.41. The van der Waals surface area contributed by atoms with Crippen molar-refractivity contribution in [3.8, 4) is 28.7 Å². The van der Waals surface area contributed by atoms with E-state index in [0.717, 1.165) is 16.8 Å². The first kappa shape index (κ1) is 26.6. The molecule has 11 heteroatoms. The lowest BCUT2D eigenvalue weighted by Gasteiger charge is -2.28. The van der Waals surface area contributed by atoms with E-state index in [1.54, 1.807) is 58.8 Å². The molecule has 0 atom stereocenters. The summed E-state index contributed by atoms with van der Waals surface area (Å²) in [5, 5.41) is 6.20. The Morgan fingerprint density at radius 3 is 2.29 bits per heavy atom. The number of hydrogen-bond donors (Lipinski definition) is 2. The number of urea groups is 1. The minimum atomic E-state index is -0.115. The summed E-state index contributed by atoms with van der Waals surface area (Å²) >= 11 is 0. The first-order valence-electron chi connectivity index (χ1n) is 12.1. The van der Waals surface area contributed by atoms with Crippen molar-refractivity contribution in [1.82, 2.24) is 20.2 Å². The smallest absolute Gasteiger partial charge is 0.317 e. The largest absolute Gasteiger partial charge is 0.493 e. The van der Waals surface area contributed by atoms with Gasteiger partial charge in [-0.3, -0.25) is 0 Å². The summed E-state index contributed by atoms with van der Waals surface area (Å²) in [6, 6.07) is 9.21. The molecular formula is C27H33N5O6. The topological polar surface area (TPSA) is 116 Å². The molecule has 202 valence electrons. The van der Waals surface area contributed by atoms with Crippen LogP contribution in [-0.2, 0) is 19.4 Å². The molecule has 3 aromatic rings. The van der Waals surface area contributed by atoms with E-state index < -0.39 is 0 Å². The third kappa shape index (κ3) is 5.93. The lowest BCUT2D eigenvalue weighted by atomic mass is 10.1. The monoisotopic (exact) mass is 523 g/mol. The maximum Gasteiger partial charge on any atom is 0.317 e. The molecule has 0 fully saturated rings. The van der Waals surface area contributed by atoms with E-state index in [-0.39, 0.29) is 6.03 Å². The van der Waals surface area contributed by atoms with E-state index in [2.05, 4.69) is 20.6 Å². The molecule has 0 bridgehead atoms. The van der Waals surface area contributed by atoms with Crippen LogP contribution >= 0.6 is 0 Å². The lowest BCUT2D eigenvalue weighted by Crippen LogP contribution is -2.43. The van der Waals surface area contributed by atoms with Gasteiger partial charge in [0.15, 0.2) is 23.0 Å². The van der Waals surface area contributed by atoms with Crippen LogP contribution in [0, 0.1) is 0 Å². The van der Waals surface area contributed by atoms with Gasteiger partial charge in [-0.2, -0.15) is 0 Å². The van der Waals surface area contributed by atoms with Gasteiger partial charge < -0.3 is 39.2 Å². The number of benzene rings is 2. The Balaban J connectivity index is 1.35. The number of rotatable bonds is 10. The highest BCUT2D eigenvalue weighted by molar-refractivity contribution is 5.74. The van der Waals surface area contributed by atoms with Crippen molar-refractivity contribution in [3.63, 3.8) is 0 Å². The van der Waals surface area contributed by atoms with E-state index in [4.69, 9.17) is 23.7 Å². The molecule has 0 saturated carbocycles. The van der Waals surface area contributed by atoms with Crippen molar-refractivity contribution in [2.75, 3.05) is 54.0 Å². The predicted molar refractivity (Wildman–Crippen MR) is 142 cm³/mol. The van der Waals surface area contributed by atoms with Crippen LogP contribution in [0.5, 0.6) is 28.7 Å². The van der Waals surface area contributed by atoms with Crippen LogP contribution < -0.4 is 34.3 Å². The van der Waals surface area contributed by atoms with E-state index in [1.807, 2.05) is 18.2 Å². The van der Waals surface area contributed by atoms with Crippen molar-refractivity contribution in [2.24, 2.45) is 0 Å². The molecule has 2 N–H and O–H groups in total. The molecule has 0 unspecified atom stereocenters. The van der Waals surface area contributed by atoms with Crippen molar-refractivity contribution < 1.29 is 28.5 Å². The first-order chi connectivity index (χ1) is 18.5. The molecule has 0 aliphatic carbocycles. The molecule has 0 spiro atoms. The molecule has 38 heavy (non-hydrogen) atoms. The van der Waals surface area contributed by atoms with Crippen molar-refractivity contribution in [3.05, 3.63) is 53.3 Å². The predicted octanol–water partition coefficient (Wildman–Crippen LogP) is 3.57. The maximum atomic E-state index is 12.8. The molecule has 2 heterocycles. The fourth-order valence-electron chi connectivity index (χ4n) is 4.29. The third-order valence-electron chi connectivity index (χ3n) is 6.28. The molecule has 11 nitrogen and oxygen atoms in total. The second-order valence-electron chi connectivity index (χ2n) is 8.55. The standard InChI is InChI=1S/C27H33N5O6/c1-34-21-7-6-17(12-22(21)35-2)8-10-28-27(33)32-11-9-20-18(16-32)15-29-26(31-20)30-19-13-23(36-3)25(38-5)24(14-19)37-4/h6-7,12-15H,8-11,16H2,1-5H3,(H,28,33)(H,29,30,31). The van der Waals surface area contributed by atoms with Crippen molar-refractivity contribution in [1.29, 1.82) is 0 Å². The van der Waals surface area contributed by atoms with Gasteiger partial charge in [-0.15, -0.1) is 0 Å². The summed E-state index contributed by atoms with van der Waals surface area (Å²) < 4.78 is 26.8. The number of anilines is 2. The number of carbonyl (C=O) groups excluding carboxylic acids is 1. The van der Waals surface area contributed by atoms with Crippen LogP contribution in [0.4, 0.5) is 16.4 Å². The summed E-state index contributed by atoms with van der Waals surface area (Å²) in [5.41, 5.74) is 3.57. The fourth-order valence-corrected chi connectivity index (χ4v) is 4.29. The Morgan fingerprint density at radius 1 is 0.921 bits per heavy atom.